The molecule has 4 nitrogen and oxygen atoms in total. The standard InChI is InChI=1S/C10H18N2O2/c1-2-3-4-9-5-14-8-10(6-11,7-13)12-9/h9,12-13H,2-5,7-8H2,1H3/t9-,10+/m1/s1. The van der Waals surface area contributed by atoms with Gasteiger partial charge < -0.3 is 9.84 Å². The third-order valence-corrected chi connectivity index (χ3v) is 2.54. The summed E-state index contributed by atoms with van der Waals surface area (Å²) in [6, 6.07) is 2.29. The fourth-order valence-corrected chi connectivity index (χ4v) is 1.65. The van der Waals surface area contributed by atoms with Crippen molar-refractivity contribution in [1.29, 1.82) is 5.26 Å². The van der Waals surface area contributed by atoms with Crippen molar-refractivity contribution in [2.45, 2.75) is 37.8 Å². The Balaban J connectivity index is 2.46. The minimum Gasteiger partial charge on any atom is -0.393 e. The monoisotopic (exact) mass is 198 g/mol. The van der Waals surface area contributed by atoms with E-state index in [4.69, 9.17) is 15.1 Å². The van der Waals surface area contributed by atoms with Gasteiger partial charge in [0.25, 0.3) is 0 Å². The minimum atomic E-state index is -0.878. The van der Waals surface area contributed by atoms with Crippen LogP contribution in [-0.2, 0) is 4.74 Å². The van der Waals surface area contributed by atoms with Gasteiger partial charge in [0.15, 0.2) is 5.54 Å². The molecule has 0 saturated carbocycles. The molecule has 0 unspecified atom stereocenters. The van der Waals surface area contributed by atoms with E-state index < -0.39 is 5.54 Å². The van der Waals surface area contributed by atoms with Gasteiger partial charge in [-0.15, -0.1) is 0 Å². The van der Waals surface area contributed by atoms with Crippen molar-refractivity contribution >= 4 is 0 Å². The first-order chi connectivity index (χ1) is 6.76. The molecule has 1 aliphatic heterocycles. The third kappa shape index (κ3) is 2.68. The van der Waals surface area contributed by atoms with Crippen LogP contribution in [0.1, 0.15) is 26.2 Å². The first-order valence-electron chi connectivity index (χ1n) is 5.14. The summed E-state index contributed by atoms with van der Waals surface area (Å²) in [6.45, 7) is 2.87. The second-order valence-corrected chi connectivity index (χ2v) is 3.85. The fourth-order valence-electron chi connectivity index (χ4n) is 1.65. The van der Waals surface area contributed by atoms with Crippen molar-refractivity contribution in [3.63, 3.8) is 0 Å². The van der Waals surface area contributed by atoms with Crippen LogP contribution in [0.25, 0.3) is 0 Å². The van der Waals surface area contributed by atoms with Crippen molar-refractivity contribution in [3.8, 4) is 6.07 Å². The smallest absolute Gasteiger partial charge is 0.153 e. The average molecular weight is 198 g/mol. The van der Waals surface area contributed by atoms with E-state index in [0.717, 1.165) is 19.3 Å². The molecule has 1 saturated heterocycles. The molecule has 0 aliphatic carbocycles. The second-order valence-electron chi connectivity index (χ2n) is 3.85. The maximum Gasteiger partial charge on any atom is 0.153 e. The van der Waals surface area contributed by atoms with Crippen LogP contribution in [0.15, 0.2) is 0 Å². The highest BCUT2D eigenvalue weighted by atomic mass is 16.5. The third-order valence-electron chi connectivity index (χ3n) is 2.54. The molecule has 1 rings (SSSR count). The summed E-state index contributed by atoms with van der Waals surface area (Å²) in [5.41, 5.74) is -0.878. The molecule has 14 heavy (non-hydrogen) atoms. The lowest BCUT2D eigenvalue weighted by atomic mass is 9.98. The molecule has 1 aliphatic rings. The SMILES string of the molecule is CCCC[C@@H]1COC[C@](C#N)(CO)N1. The van der Waals surface area contributed by atoms with E-state index in [-0.39, 0.29) is 19.3 Å². The Labute approximate surface area is 84.9 Å². The van der Waals surface area contributed by atoms with Crippen LogP contribution in [0.3, 0.4) is 0 Å². The van der Waals surface area contributed by atoms with Gasteiger partial charge in [-0.2, -0.15) is 5.26 Å². The lowest BCUT2D eigenvalue weighted by Gasteiger charge is -2.36. The van der Waals surface area contributed by atoms with Gasteiger partial charge in [-0.1, -0.05) is 19.8 Å². The maximum absolute atomic E-state index is 9.12. The number of nitriles is 1. The van der Waals surface area contributed by atoms with Crippen molar-refractivity contribution in [1.82, 2.24) is 5.32 Å². The quantitative estimate of drug-likeness (QED) is 0.687. The van der Waals surface area contributed by atoms with E-state index in [1.165, 1.54) is 0 Å². The average Bonchev–Trinajstić information content (AvgIpc) is 2.26. The highest BCUT2D eigenvalue weighted by Crippen LogP contribution is 2.14. The molecule has 4 heteroatoms. The zero-order valence-electron chi connectivity index (χ0n) is 8.62. The minimum absolute atomic E-state index is 0.188. The molecule has 1 heterocycles. The molecule has 0 aromatic rings. The lowest BCUT2D eigenvalue weighted by Crippen LogP contribution is -2.60. The van der Waals surface area contributed by atoms with Crippen LogP contribution < -0.4 is 5.32 Å². The van der Waals surface area contributed by atoms with Crippen molar-refractivity contribution in [2.75, 3.05) is 19.8 Å². The van der Waals surface area contributed by atoms with E-state index in [1.807, 2.05) is 0 Å². The highest BCUT2D eigenvalue weighted by Gasteiger charge is 2.35. The van der Waals surface area contributed by atoms with E-state index >= 15 is 0 Å². The first kappa shape index (κ1) is 11.4. The molecule has 0 radical (unpaired) electrons. The number of hydrogen-bond acceptors (Lipinski definition) is 4. The zero-order valence-corrected chi connectivity index (χ0v) is 8.62. The predicted molar refractivity (Wildman–Crippen MR) is 52.7 cm³/mol. The van der Waals surface area contributed by atoms with Gasteiger partial charge in [0.05, 0.1) is 25.9 Å². The molecule has 2 atom stereocenters. The first-order valence-corrected chi connectivity index (χ1v) is 5.14. The molecule has 1 fully saturated rings. The predicted octanol–water partition coefficient (Wildman–Crippen LogP) is 0.420. The van der Waals surface area contributed by atoms with Gasteiger partial charge in [0.1, 0.15) is 0 Å². The maximum atomic E-state index is 9.12. The molecule has 0 aromatic carbocycles. The highest BCUT2D eigenvalue weighted by molar-refractivity contribution is 5.10. The molecule has 0 spiro atoms. The van der Waals surface area contributed by atoms with Gasteiger partial charge in [-0.25, -0.2) is 0 Å². The number of rotatable bonds is 4. The van der Waals surface area contributed by atoms with Crippen LogP contribution in [0.4, 0.5) is 0 Å². The van der Waals surface area contributed by atoms with Crippen LogP contribution >= 0.6 is 0 Å². The Kier molecular flexibility index (Phi) is 4.33. The number of morpholine rings is 1. The number of nitrogens with one attached hydrogen (secondary N) is 1. The molecule has 0 amide bonds. The van der Waals surface area contributed by atoms with Gasteiger partial charge in [0.2, 0.25) is 0 Å². The normalized spacial score (nSPS) is 32.5. The van der Waals surface area contributed by atoms with Crippen LogP contribution in [0.2, 0.25) is 0 Å². The fraction of sp³-hybridized carbons (Fsp3) is 0.900. The van der Waals surface area contributed by atoms with Crippen molar-refractivity contribution in [2.24, 2.45) is 0 Å². The molecular formula is C10H18N2O2. The largest absolute Gasteiger partial charge is 0.393 e. The van der Waals surface area contributed by atoms with Crippen LogP contribution in [-0.4, -0.2) is 36.5 Å². The number of aliphatic hydroxyl groups excluding tert-OH is 1. The molecule has 0 aromatic heterocycles. The summed E-state index contributed by atoms with van der Waals surface area (Å²) in [4.78, 5) is 0. The number of nitrogens with zero attached hydrogens (tertiary/aromatic N) is 1. The summed E-state index contributed by atoms with van der Waals surface area (Å²) in [5.74, 6) is 0. The van der Waals surface area contributed by atoms with E-state index in [9.17, 15) is 0 Å². The van der Waals surface area contributed by atoms with Gasteiger partial charge >= 0.3 is 0 Å². The molecule has 0 bridgehead atoms. The Morgan fingerprint density at radius 1 is 1.71 bits per heavy atom. The van der Waals surface area contributed by atoms with Crippen molar-refractivity contribution < 1.29 is 9.84 Å². The summed E-state index contributed by atoms with van der Waals surface area (Å²) >= 11 is 0. The van der Waals surface area contributed by atoms with Gasteiger partial charge in [-0.05, 0) is 6.42 Å². The summed E-state index contributed by atoms with van der Waals surface area (Å²) in [5, 5.41) is 21.2. The van der Waals surface area contributed by atoms with Crippen molar-refractivity contribution in [3.05, 3.63) is 0 Å². The zero-order chi connectivity index (χ0) is 10.4. The van der Waals surface area contributed by atoms with E-state index in [1.54, 1.807) is 0 Å². The Morgan fingerprint density at radius 3 is 3.07 bits per heavy atom. The lowest BCUT2D eigenvalue weighted by molar-refractivity contribution is -0.00349. The van der Waals surface area contributed by atoms with E-state index in [0.29, 0.717) is 6.61 Å². The molecular weight excluding hydrogens is 180 g/mol. The van der Waals surface area contributed by atoms with E-state index in [2.05, 4.69) is 18.3 Å². The number of ether oxygens (including phenoxy) is 1. The number of hydrogen-bond donors (Lipinski definition) is 2. The summed E-state index contributed by atoms with van der Waals surface area (Å²) in [7, 11) is 0. The Morgan fingerprint density at radius 2 is 2.50 bits per heavy atom. The number of aliphatic hydroxyl groups is 1. The van der Waals surface area contributed by atoms with Crippen LogP contribution in [0.5, 0.6) is 0 Å². The summed E-state index contributed by atoms with van der Waals surface area (Å²) in [6.07, 6.45) is 3.25. The molecule has 80 valence electrons. The second kappa shape index (κ2) is 5.30. The van der Waals surface area contributed by atoms with Gasteiger partial charge in [-0.3, -0.25) is 5.32 Å². The summed E-state index contributed by atoms with van der Waals surface area (Å²) < 4.78 is 5.33. The topological polar surface area (TPSA) is 65.3 Å². The molecule has 2 N–H and O–H groups in total. The number of unbranched alkanes of at least 4 members (excludes halogenated alkanes) is 1. The Bertz CT molecular complexity index is 215. The van der Waals surface area contributed by atoms with Crippen LogP contribution in [0, 0.1) is 11.3 Å². The van der Waals surface area contributed by atoms with Gasteiger partial charge in [0, 0.05) is 6.04 Å². The Hall–Kier alpha value is -0.630.